The molecule has 4 N–H and O–H groups in total. The quantitative estimate of drug-likeness (QED) is 0.150. The lowest BCUT2D eigenvalue weighted by Gasteiger charge is -2.22. The van der Waals surface area contributed by atoms with Crippen LogP contribution in [0.25, 0.3) is 0 Å². The zero-order valence-electron chi connectivity index (χ0n) is 21.7. The molecule has 0 saturated carbocycles. The number of guanidine groups is 1. The lowest BCUT2D eigenvalue weighted by atomic mass is 10.1. The number of carboxylic acid groups (broad SMARTS) is 1. The van der Waals surface area contributed by atoms with E-state index >= 15 is 0 Å². The number of nitrogens with zero attached hydrogens (tertiary/aromatic N) is 1. The van der Waals surface area contributed by atoms with Gasteiger partial charge in [-0.1, -0.05) is 60.7 Å². The second-order valence-electron chi connectivity index (χ2n) is 9.25. The summed E-state index contributed by atoms with van der Waals surface area (Å²) in [5.74, 6) is -1.46. The number of nitrogens with one attached hydrogen (secondary N) is 3. The number of benzene rings is 2. The van der Waals surface area contributed by atoms with Crippen molar-refractivity contribution in [2.75, 3.05) is 13.1 Å². The summed E-state index contributed by atoms with van der Waals surface area (Å²) in [4.78, 5) is 52.4. The Morgan fingerprint density at radius 2 is 1.58 bits per heavy atom. The molecule has 0 aliphatic heterocycles. The summed E-state index contributed by atoms with van der Waals surface area (Å²) in [6.45, 7) is 5.02. The maximum atomic E-state index is 12.4. The molecule has 0 heterocycles. The molecule has 0 aromatic heterocycles. The van der Waals surface area contributed by atoms with Crippen LogP contribution in [0.2, 0.25) is 0 Å². The number of hydrogen-bond donors (Lipinski definition) is 4. The Morgan fingerprint density at radius 3 is 2.18 bits per heavy atom. The number of carboxylic acids is 1. The van der Waals surface area contributed by atoms with E-state index in [2.05, 4.69) is 20.9 Å². The average Bonchev–Trinajstić information content (AvgIpc) is 2.87. The third-order valence-corrected chi connectivity index (χ3v) is 4.86. The summed E-state index contributed by atoms with van der Waals surface area (Å²) in [6.07, 6.45) is -1.24. The van der Waals surface area contributed by atoms with Crippen LogP contribution in [0.4, 0.5) is 9.59 Å². The van der Waals surface area contributed by atoms with Crippen LogP contribution in [0.3, 0.4) is 0 Å². The largest absolute Gasteiger partial charge is 0.480 e. The van der Waals surface area contributed by atoms with Gasteiger partial charge in [-0.3, -0.25) is 10.1 Å². The smallest absolute Gasteiger partial charge is 0.414 e. The molecule has 0 spiro atoms. The summed E-state index contributed by atoms with van der Waals surface area (Å²) in [6, 6.07) is 16.5. The first-order valence-corrected chi connectivity index (χ1v) is 12.1. The second kappa shape index (κ2) is 15.0. The van der Waals surface area contributed by atoms with Gasteiger partial charge >= 0.3 is 18.2 Å². The van der Waals surface area contributed by atoms with Gasteiger partial charge in [0.25, 0.3) is 0 Å². The average molecular weight is 527 g/mol. The second-order valence-corrected chi connectivity index (χ2v) is 9.25. The Hall–Kier alpha value is -4.41. The number of aliphatic carboxylic acids is 1. The predicted molar refractivity (Wildman–Crippen MR) is 141 cm³/mol. The molecule has 11 heteroatoms. The number of hydrogen-bond acceptors (Lipinski definition) is 7. The Balaban J connectivity index is 1.95. The van der Waals surface area contributed by atoms with Crippen molar-refractivity contribution in [1.29, 1.82) is 0 Å². The van der Waals surface area contributed by atoms with E-state index in [0.717, 1.165) is 5.56 Å². The first-order chi connectivity index (χ1) is 18.0. The minimum Gasteiger partial charge on any atom is -0.480 e. The molecule has 2 rings (SSSR count). The van der Waals surface area contributed by atoms with Crippen LogP contribution in [0.1, 0.15) is 49.5 Å². The number of alkyl carbamates (subject to hydrolysis) is 2. The van der Waals surface area contributed by atoms with Crippen LogP contribution in [-0.4, -0.2) is 59.7 Å². The van der Waals surface area contributed by atoms with Crippen molar-refractivity contribution < 1.29 is 33.8 Å². The fourth-order valence-corrected chi connectivity index (χ4v) is 3.08. The third kappa shape index (κ3) is 12.0. The highest BCUT2D eigenvalue weighted by molar-refractivity contribution is 6.00. The molecule has 1 unspecified atom stereocenters. The van der Waals surface area contributed by atoms with Crippen LogP contribution in [0, 0.1) is 0 Å². The van der Waals surface area contributed by atoms with E-state index in [-0.39, 0.29) is 37.9 Å². The molecule has 11 nitrogen and oxygen atoms in total. The highest BCUT2D eigenvalue weighted by Crippen LogP contribution is 2.08. The zero-order chi connectivity index (χ0) is 28.0. The van der Waals surface area contributed by atoms with E-state index in [1.165, 1.54) is 0 Å². The number of aliphatic imine (C=N–C) groups is 1. The van der Waals surface area contributed by atoms with Crippen LogP contribution in [-0.2, 0) is 20.9 Å². The molecule has 204 valence electrons. The van der Waals surface area contributed by atoms with E-state index in [1.807, 2.05) is 30.3 Å². The van der Waals surface area contributed by atoms with Crippen molar-refractivity contribution in [3.8, 4) is 0 Å². The van der Waals surface area contributed by atoms with E-state index in [0.29, 0.717) is 12.0 Å². The van der Waals surface area contributed by atoms with Gasteiger partial charge in [0.15, 0.2) is 5.78 Å². The molecule has 0 bridgehead atoms. The minimum absolute atomic E-state index is 0.000630. The van der Waals surface area contributed by atoms with Gasteiger partial charge in [-0.05, 0) is 39.2 Å². The topological polar surface area (TPSA) is 155 Å². The Kier molecular flexibility index (Phi) is 11.8. The minimum atomic E-state index is -1.21. The molecule has 0 radical (unpaired) electrons. The molecule has 0 aliphatic rings. The fraction of sp³-hybridized carbons (Fsp3) is 0.370. The van der Waals surface area contributed by atoms with Crippen molar-refractivity contribution in [2.45, 2.75) is 51.9 Å². The van der Waals surface area contributed by atoms with Crippen molar-refractivity contribution in [2.24, 2.45) is 4.99 Å². The molecule has 2 aromatic carbocycles. The van der Waals surface area contributed by atoms with Crippen LogP contribution >= 0.6 is 0 Å². The highest BCUT2D eigenvalue weighted by Gasteiger charge is 2.23. The summed E-state index contributed by atoms with van der Waals surface area (Å²) >= 11 is 0. The van der Waals surface area contributed by atoms with Crippen molar-refractivity contribution in [3.05, 3.63) is 71.8 Å². The van der Waals surface area contributed by atoms with Crippen molar-refractivity contribution in [3.63, 3.8) is 0 Å². The lowest BCUT2D eigenvalue weighted by Crippen LogP contribution is -2.44. The van der Waals surface area contributed by atoms with Gasteiger partial charge in [-0.15, -0.1) is 0 Å². The Morgan fingerprint density at radius 1 is 0.947 bits per heavy atom. The van der Waals surface area contributed by atoms with Gasteiger partial charge in [0, 0.05) is 12.1 Å². The normalized spacial score (nSPS) is 12.1. The van der Waals surface area contributed by atoms with Crippen LogP contribution in [0.15, 0.2) is 65.7 Å². The summed E-state index contributed by atoms with van der Waals surface area (Å²) in [5, 5.41) is 17.1. The molecule has 2 aromatic rings. The van der Waals surface area contributed by atoms with Gasteiger partial charge in [0.2, 0.25) is 5.96 Å². The van der Waals surface area contributed by atoms with Gasteiger partial charge in [0.1, 0.15) is 24.8 Å². The van der Waals surface area contributed by atoms with Gasteiger partial charge in [-0.25, -0.2) is 19.4 Å². The van der Waals surface area contributed by atoms with Gasteiger partial charge in [0.05, 0.1) is 0 Å². The standard InChI is InChI=1S/C27H34N4O7/c1-27(2,3)38-26(36)30-21(23(33)34)15-10-16-28-24(29-17-22(32)20-13-8-5-9-14-20)31-25(35)37-18-19-11-6-4-7-12-19/h4-9,11-14,21H,10,15-18H2,1-3H3,(H,30,36)(H,33,34)(H2,28,29,31,35). The summed E-state index contributed by atoms with van der Waals surface area (Å²) < 4.78 is 10.3. The van der Waals surface area contributed by atoms with E-state index in [4.69, 9.17) is 9.47 Å². The van der Waals surface area contributed by atoms with Crippen molar-refractivity contribution in [1.82, 2.24) is 16.0 Å². The van der Waals surface area contributed by atoms with Crippen molar-refractivity contribution >= 4 is 29.9 Å². The maximum Gasteiger partial charge on any atom is 0.414 e. The third-order valence-electron chi connectivity index (χ3n) is 4.86. The SMILES string of the molecule is CC(C)(C)OC(=O)NC(CCCN/C(=N\CC(=O)c1ccccc1)NC(=O)OCc1ccccc1)C(=O)O. The van der Waals surface area contributed by atoms with Gasteiger partial charge in [-0.2, -0.15) is 0 Å². The number of ketones is 1. The van der Waals surface area contributed by atoms with Crippen LogP contribution < -0.4 is 16.0 Å². The number of amides is 2. The molecular formula is C27H34N4O7. The van der Waals surface area contributed by atoms with E-state index in [9.17, 15) is 24.3 Å². The monoisotopic (exact) mass is 526 g/mol. The first kappa shape index (κ1) is 29.8. The number of ether oxygens (including phenoxy) is 2. The molecule has 0 fully saturated rings. The first-order valence-electron chi connectivity index (χ1n) is 12.1. The maximum absolute atomic E-state index is 12.4. The molecule has 1 atom stereocenters. The molecular weight excluding hydrogens is 492 g/mol. The molecule has 0 aliphatic carbocycles. The lowest BCUT2D eigenvalue weighted by molar-refractivity contribution is -0.139. The number of carbonyl (C=O) groups excluding carboxylic acids is 3. The Labute approximate surface area is 221 Å². The van der Waals surface area contributed by atoms with Gasteiger partial charge < -0.3 is 25.2 Å². The molecule has 2 amide bonds. The zero-order valence-corrected chi connectivity index (χ0v) is 21.7. The number of Topliss-reactive ketones (excluding diaryl/α,β-unsaturated/α-hetero) is 1. The molecule has 0 saturated heterocycles. The summed E-state index contributed by atoms with van der Waals surface area (Å²) in [5.41, 5.74) is 0.503. The highest BCUT2D eigenvalue weighted by atomic mass is 16.6. The number of rotatable bonds is 11. The predicted octanol–water partition coefficient (Wildman–Crippen LogP) is 3.50. The van der Waals surface area contributed by atoms with E-state index in [1.54, 1.807) is 51.1 Å². The fourth-order valence-electron chi connectivity index (χ4n) is 3.08. The Bertz CT molecular complexity index is 1100. The van der Waals surface area contributed by atoms with Crippen LogP contribution in [0.5, 0.6) is 0 Å². The summed E-state index contributed by atoms with van der Waals surface area (Å²) in [7, 11) is 0. The number of carbonyl (C=O) groups is 4. The van der Waals surface area contributed by atoms with E-state index < -0.39 is 29.8 Å². The molecule has 38 heavy (non-hydrogen) atoms.